The van der Waals surface area contributed by atoms with Crippen LogP contribution in [0.1, 0.15) is 0 Å². The average molecular weight is 235 g/mol. The highest BCUT2D eigenvalue weighted by atomic mass is 16.9. The summed E-state index contributed by atoms with van der Waals surface area (Å²) in [5.74, 6) is 0. The van der Waals surface area contributed by atoms with E-state index in [4.69, 9.17) is 4.94 Å². The molecule has 2 rings (SSSR count). The fourth-order valence-corrected chi connectivity index (χ4v) is 1.68. The van der Waals surface area contributed by atoms with E-state index in [9.17, 15) is 0 Å². The van der Waals surface area contributed by atoms with Gasteiger partial charge in [0, 0.05) is 0 Å². The Balaban J connectivity index is 2.33. The minimum atomic E-state index is 0.223. The zero-order chi connectivity index (χ0) is 12.5. The van der Waals surface area contributed by atoms with Crippen molar-refractivity contribution in [1.82, 2.24) is 15.2 Å². The Morgan fingerprint density at radius 3 is 2.71 bits per heavy atom. The minimum absolute atomic E-state index is 0.223. The third-order valence-electron chi connectivity index (χ3n) is 2.12. The van der Waals surface area contributed by atoms with Gasteiger partial charge in [-0.05, 0) is 26.8 Å². The number of fused-ring (bicyclic) bond motifs is 1. The van der Waals surface area contributed by atoms with Crippen molar-refractivity contribution in [3.05, 3.63) is 24.3 Å². The molecule has 1 heterocycles. The smallest absolute Gasteiger partial charge is 0.192 e. The Morgan fingerprint density at radius 2 is 2.00 bits per heavy atom. The third-order valence-corrected chi connectivity index (χ3v) is 2.12. The van der Waals surface area contributed by atoms with Gasteiger partial charge in [0.1, 0.15) is 39.2 Å². The van der Waals surface area contributed by atoms with Gasteiger partial charge in [0.2, 0.25) is 0 Å². The molecule has 17 heavy (non-hydrogen) atoms. The maximum atomic E-state index is 5.75. The van der Waals surface area contributed by atoms with Crippen LogP contribution in [0.25, 0.3) is 11.0 Å². The zero-order valence-electron chi connectivity index (χ0n) is 10.5. The molecule has 0 N–H and O–H groups in total. The SMILES string of the molecule is C[N+](C)=C[N+](C)(C)On1nnc2ccccc21. The van der Waals surface area contributed by atoms with Gasteiger partial charge in [-0.3, -0.25) is 0 Å². The largest absolute Gasteiger partial charge is 0.369 e. The number of hydroxylamine groups is 3. The molecule has 6 heteroatoms. The Hall–Kier alpha value is -1.95. The molecule has 0 aliphatic carbocycles. The number of quaternary nitrogens is 1. The van der Waals surface area contributed by atoms with Gasteiger partial charge in [0.15, 0.2) is 0 Å². The van der Waals surface area contributed by atoms with Crippen molar-refractivity contribution in [1.29, 1.82) is 0 Å². The first-order valence-electron chi connectivity index (χ1n) is 5.34. The maximum Gasteiger partial charge on any atom is 0.369 e. The van der Waals surface area contributed by atoms with E-state index in [1.165, 1.54) is 4.85 Å². The standard InChI is InChI=1S/C11H17N5O/c1-14(2)9-16(3,4)17-15-11-8-6-5-7-10(11)12-13-15/h5-9H,1-4H3/q+2. The molecule has 0 amide bonds. The lowest BCUT2D eigenvalue weighted by atomic mass is 10.3. The van der Waals surface area contributed by atoms with Gasteiger partial charge in [0.25, 0.3) is 0 Å². The predicted molar refractivity (Wildman–Crippen MR) is 64.4 cm³/mol. The normalized spacial score (nSPS) is 11.5. The molecule has 0 bridgehead atoms. The fourth-order valence-electron chi connectivity index (χ4n) is 1.68. The summed E-state index contributed by atoms with van der Waals surface area (Å²) >= 11 is 0. The molecule has 0 fully saturated rings. The van der Waals surface area contributed by atoms with E-state index >= 15 is 0 Å². The lowest BCUT2D eigenvalue weighted by molar-refractivity contribution is -1.00. The molecular formula is C11H17N5O+2. The molecular weight excluding hydrogens is 218 g/mol. The van der Waals surface area contributed by atoms with E-state index in [-0.39, 0.29) is 4.65 Å². The highest BCUT2D eigenvalue weighted by Gasteiger charge is 2.22. The van der Waals surface area contributed by atoms with E-state index in [1.54, 1.807) is 0 Å². The summed E-state index contributed by atoms with van der Waals surface area (Å²) in [5.41, 5.74) is 1.67. The van der Waals surface area contributed by atoms with Gasteiger partial charge in [0.05, 0.1) is 0 Å². The molecule has 1 aromatic heterocycles. The number of benzene rings is 1. The van der Waals surface area contributed by atoms with Gasteiger partial charge < -0.3 is 0 Å². The number of hydrogen-bond acceptors (Lipinski definition) is 3. The quantitative estimate of drug-likeness (QED) is 0.250. The first-order valence-corrected chi connectivity index (χ1v) is 5.34. The summed E-state index contributed by atoms with van der Waals surface area (Å²) in [6.45, 7) is 0. The van der Waals surface area contributed by atoms with Crippen LogP contribution in [0.3, 0.4) is 0 Å². The van der Waals surface area contributed by atoms with Crippen LogP contribution >= 0.6 is 0 Å². The molecule has 0 spiro atoms. The molecule has 0 saturated heterocycles. The van der Waals surface area contributed by atoms with Crippen molar-refractivity contribution >= 4 is 17.4 Å². The van der Waals surface area contributed by atoms with Crippen LogP contribution in [-0.2, 0) is 0 Å². The van der Waals surface area contributed by atoms with Gasteiger partial charge in [-0.25, -0.2) is 0 Å². The van der Waals surface area contributed by atoms with Crippen molar-refractivity contribution in [2.24, 2.45) is 0 Å². The highest BCUT2D eigenvalue weighted by Crippen LogP contribution is 2.08. The Bertz CT molecular complexity index is 554. The van der Waals surface area contributed by atoms with Crippen LogP contribution in [0.2, 0.25) is 0 Å². The van der Waals surface area contributed by atoms with Crippen molar-refractivity contribution in [2.75, 3.05) is 28.2 Å². The average Bonchev–Trinajstić information content (AvgIpc) is 2.59. The molecule has 0 radical (unpaired) electrons. The first-order chi connectivity index (χ1) is 7.98. The van der Waals surface area contributed by atoms with E-state index in [2.05, 4.69) is 10.3 Å². The van der Waals surface area contributed by atoms with Crippen LogP contribution < -0.4 is 4.94 Å². The molecule has 0 saturated carbocycles. The van der Waals surface area contributed by atoms with Crippen LogP contribution in [0.5, 0.6) is 0 Å². The van der Waals surface area contributed by atoms with Crippen LogP contribution in [-0.4, -0.2) is 58.9 Å². The van der Waals surface area contributed by atoms with Gasteiger partial charge in [-0.2, -0.15) is 9.51 Å². The van der Waals surface area contributed by atoms with Crippen LogP contribution in [0, 0.1) is 0 Å². The number of hydrogen-bond donors (Lipinski definition) is 0. The van der Waals surface area contributed by atoms with Gasteiger partial charge in [-0.1, -0.05) is 12.1 Å². The fraction of sp³-hybridized carbons (Fsp3) is 0.364. The molecule has 0 aliphatic heterocycles. The van der Waals surface area contributed by atoms with Gasteiger partial charge in [-0.15, -0.1) is 5.10 Å². The summed E-state index contributed by atoms with van der Waals surface area (Å²) in [4.78, 5) is 7.19. The van der Waals surface area contributed by atoms with Crippen molar-refractivity contribution in [3.63, 3.8) is 0 Å². The molecule has 1 aromatic carbocycles. The van der Waals surface area contributed by atoms with Crippen molar-refractivity contribution in [2.45, 2.75) is 0 Å². The second-order valence-corrected chi connectivity index (χ2v) is 4.55. The maximum absolute atomic E-state index is 5.75. The Kier molecular flexibility index (Phi) is 2.81. The third kappa shape index (κ3) is 2.59. The monoisotopic (exact) mass is 235 g/mol. The number of rotatable bonds is 3. The molecule has 0 unspecified atom stereocenters. The van der Waals surface area contributed by atoms with E-state index < -0.39 is 0 Å². The van der Waals surface area contributed by atoms with Gasteiger partial charge >= 0.3 is 6.34 Å². The lowest BCUT2D eigenvalue weighted by Gasteiger charge is -2.17. The van der Waals surface area contributed by atoms with Crippen LogP contribution in [0.4, 0.5) is 0 Å². The highest BCUT2D eigenvalue weighted by molar-refractivity contribution is 5.73. The number of para-hydroxylation sites is 1. The topological polar surface area (TPSA) is 43.0 Å². The summed E-state index contributed by atoms with van der Waals surface area (Å²) in [7, 11) is 7.72. The summed E-state index contributed by atoms with van der Waals surface area (Å²) in [5, 5.41) is 8.01. The Labute approximate surface area is 99.8 Å². The number of nitrogens with zero attached hydrogens (tertiary/aromatic N) is 5. The van der Waals surface area contributed by atoms with E-state index in [0.717, 1.165) is 11.0 Å². The summed E-state index contributed by atoms with van der Waals surface area (Å²) < 4.78 is 2.15. The summed E-state index contributed by atoms with van der Waals surface area (Å²) in [6, 6.07) is 7.68. The van der Waals surface area contributed by atoms with E-state index in [1.807, 2.05) is 63.4 Å². The molecule has 6 nitrogen and oxygen atoms in total. The molecule has 0 aliphatic rings. The van der Waals surface area contributed by atoms with Crippen molar-refractivity contribution < 1.29 is 14.2 Å². The minimum Gasteiger partial charge on any atom is -0.192 e. The predicted octanol–water partition coefficient (Wildman–Crippen LogP) is 0.152. The number of aromatic nitrogens is 3. The molecule has 90 valence electrons. The lowest BCUT2D eigenvalue weighted by Crippen LogP contribution is -2.48. The second kappa shape index (κ2) is 4.14. The molecule has 2 aromatic rings. The van der Waals surface area contributed by atoms with Crippen molar-refractivity contribution in [3.8, 4) is 0 Å². The Morgan fingerprint density at radius 1 is 1.29 bits per heavy atom. The van der Waals surface area contributed by atoms with E-state index in [0.29, 0.717) is 0 Å². The molecule has 0 atom stereocenters. The first kappa shape index (κ1) is 11.5. The van der Waals surface area contributed by atoms with Crippen LogP contribution in [0.15, 0.2) is 24.3 Å². The zero-order valence-corrected chi connectivity index (χ0v) is 10.5. The second-order valence-electron chi connectivity index (χ2n) is 4.55. The summed E-state index contributed by atoms with van der Waals surface area (Å²) in [6.07, 6.45) is 1.91.